The van der Waals surface area contributed by atoms with Gasteiger partial charge in [-0.2, -0.15) is 0 Å². The van der Waals surface area contributed by atoms with Crippen molar-refractivity contribution in [1.82, 2.24) is 0 Å². The van der Waals surface area contributed by atoms with Crippen molar-refractivity contribution >= 4 is 0 Å². The molecule has 0 amide bonds. The number of hydrogen-bond acceptors (Lipinski definition) is 1. The van der Waals surface area contributed by atoms with Crippen molar-refractivity contribution in [3.8, 4) is 0 Å². The normalized spacial score (nSPS) is 17.4. The molecule has 1 aliphatic rings. The quantitative estimate of drug-likeness (QED) is 0.221. The summed E-state index contributed by atoms with van der Waals surface area (Å²) < 4.78 is 0. The van der Waals surface area contributed by atoms with Gasteiger partial charge in [0.25, 0.3) is 0 Å². The van der Waals surface area contributed by atoms with E-state index in [1.54, 1.807) is 0 Å². The highest BCUT2D eigenvalue weighted by Crippen LogP contribution is 2.30. The first-order valence-electron chi connectivity index (χ1n) is 11.7. The lowest BCUT2D eigenvalue weighted by Crippen LogP contribution is -2.41. The molecule has 0 aromatic heterocycles. The van der Waals surface area contributed by atoms with Gasteiger partial charge in [-0.3, -0.25) is 0 Å². The first kappa shape index (κ1) is 22.7. The Labute approximate surface area is 159 Å². The van der Waals surface area contributed by atoms with Crippen molar-refractivity contribution < 1.29 is 0 Å². The molecule has 0 bridgehead atoms. The average Bonchev–Trinajstić information content (AvgIpc) is 2.62. The summed E-state index contributed by atoms with van der Waals surface area (Å²) in [5, 5.41) is 0. The smallest absolute Gasteiger partial charge is 0.0154 e. The first-order chi connectivity index (χ1) is 12.3. The molecule has 0 aromatic rings. The summed E-state index contributed by atoms with van der Waals surface area (Å²) in [4.78, 5) is 0. The van der Waals surface area contributed by atoms with Crippen molar-refractivity contribution in [1.29, 1.82) is 0 Å². The third-order valence-corrected chi connectivity index (χ3v) is 6.04. The molecular formula is C24H47N. The molecule has 0 unspecified atom stereocenters. The maximum absolute atomic E-state index is 6.51. The summed E-state index contributed by atoms with van der Waals surface area (Å²) in [5.74, 6) is 0. The van der Waals surface area contributed by atoms with Gasteiger partial charge in [0.05, 0.1) is 0 Å². The van der Waals surface area contributed by atoms with Gasteiger partial charge < -0.3 is 5.73 Å². The van der Waals surface area contributed by atoms with E-state index in [0.717, 1.165) is 0 Å². The largest absolute Gasteiger partial charge is 0.325 e. The summed E-state index contributed by atoms with van der Waals surface area (Å²) in [6.07, 6.45) is 32.2. The number of unbranched alkanes of at least 4 members (excludes halogenated alkanes) is 12. The molecule has 0 aromatic carbocycles. The molecule has 1 aliphatic carbocycles. The molecule has 2 N–H and O–H groups in total. The van der Waals surface area contributed by atoms with Crippen LogP contribution in [0.5, 0.6) is 0 Å². The molecule has 0 heterocycles. The predicted molar refractivity (Wildman–Crippen MR) is 114 cm³/mol. The summed E-state index contributed by atoms with van der Waals surface area (Å²) >= 11 is 0. The van der Waals surface area contributed by atoms with E-state index in [1.807, 2.05) is 0 Å². The third kappa shape index (κ3) is 13.5. The molecule has 1 rings (SSSR count). The second-order valence-electron chi connectivity index (χ2n) is 8.61. The SMILES string of the molecule is CCCCCCCC/C=C/CCCCCCCCC1(N)CCCCC1. The molecule has 148 valence electrons. The van der Waals surface area contributed by atoms with Crippen LogP contribution in [-0.4, -0.2) is 5.54 Å². The van der Waals surface area contributed by atoms with E-state index in [1.165, 1.54) is 128 Å². The van der Waals surface area contributed by atoms with E-state index in [9.17, 15) is 0 Å². The highest BCUT2D eigenvalue weighted by Gasteiger charge is 2.26. The molecule has 1 fully saturated rings. The Bertz CT molecular complexity index is 301. The molecule has 0 saturated heterocycles. The van der Waals surface area contributed by atoms with Gasteiger partial charge in [-0.15, -0.1) is 0 Å². The molecule has 1 saturated carbocycles. The van der Waals surface area contributed by atoms with Crippen LogP contribution in [0.1, 0.15) is 135 Å². The summed E-state index contributed by atoms with van der Waals surface area (Å²) in [6, 6.07) is 0. The number of allylic oxidation sites excluding steroid dienone is 2. The van der Waals surface area contributed by atoms with Crippen molar-refractivity contribution in [3.63, 3.8) is 0 Å². The van der Waals surface area contributed by atoms with E-state index >= 15 is 0 Å². The second kappa shape index (κ2) is 15.9. The van der Waals surface area contributed by atoms with Gasteiger partial charge >= 0.3 is 0 Å². The fraction of sp³-hybridized carbons (Fsp3) is 0.917. The number of nitrogens with two attached hydrogens (primary N) is 1. The average molecular weight is 350 g/mol. The van der Waals surface area contributed by atoms with E-state index in [-0.39, 0.29) is 5.54 Å². The minimum atomic E-state index is 0.207. The van der Waals surface area contributed by atoms with Gasteiger partial charge in [0, 0.05) is 5.54 Å². The fourth-order valence-electron chi connectivity index (χ4n) is 4.23. The zero-order valence-electron chi connectivity index (χ0n) is 17.4. The maximum Gasteiger partial charge on any atom is 0.0154 e. The van der Waals surface area contributed by atoms with E-state index in [4.69, 9.17) is 5.73 Å². The molecule has 1 nitrogen and oxygen atoms in total. The van der Waals surface area contributed by atoms with Crippen LogP contribution in [0, 0.1) is 0 Å². The van der Waals surface area contributed by atoms with Crippen LogP contribution >= 0.6 is 0 Å². The summed E-state index contributed by atoms with van der Waals surface area (Å²) in [5.41, 5.74) is 6.72. The zero-order chi connectivity index (χ0) is 18.1. The van der Waals surface area contributed by atoms with Gasteiger partial charge in [0.15, 0.2) is 0 Å². The molecule has 0 aliphatic heterocycles. The van der Waals surface area contributed by atoms with Crippen LogP contribution in [0.3, 0.4) is 0 Å². The Balaban J connectivity index is 1.77. The zero-order valence-corrected chi connectivity index (χ0v) is 17.4. The van der Waals surface area contributed by atoms with Crippen molar-refractivity contribution in [2.24, 2.45) is 5.73 Å². The predicted octanol–water partition coefficient (Wildman–Crippen LogP) is 8.08. The summed E-state index contributed by atoms with van der Waals surface area (Å²) in [7, 11) is 0. The van der Waals surface area contributed by atoms with Gasteiger partial charge in [-0.25, -0.2) is 0 Å². The molecule has 25 heavy (non-hydrogen) atoms. The number of rotatable bonds is 16. The van der Waals surface area contributed by atoms with Crippen molar-refractivity contribution in [2.45, 2.75) is 141 Å². The molecule has 1 heteroatoms. The number of hydrogen-bond donors (Lipinski definition) is 1. The Hall–Kier alpha value is -0.300. The topological polar surface area (TPSA) is 26.0 Å². The van der Waals surface area contributed by atoms with Crippen molar-refractivity contribution in [2.75, 3.05) is 0 Å². The minimum Gasteiger partial charge on any atom is -0.325 e. The van der Waals surface area contributed by atoms with E-state index in [0.29, 0.717) is 0 Å². The Kier molecular flexibility index (Phi) is 14.5. The molecular weight excluding hydrogens is 302 g/mol. The van der Waals surface area contributed by atoms with E-state index < -0.39 is 0 Å². The maximum atomic E-state index is 6.51. The minimum absolute atomic E-state index is 0.207. The lowest BCUT2D eigenvalue weighted by molar-refractivity contribution is 0.269. The first-order valence-corrected chi connectivity index (χ1v) is 11.7. The Morgan fingerprint density at radius 2 is 1.12 bits per heavy atom. The fourth-order valence-corrected chi connectivity index (χ4v) is 4.23. The standard InChI is InChI=1S/C24H47N/c1-2-3-4-5-6-7-8-9-10-11-12-13-14-15-16-18-21-24(25)22-19-17-20-23-24/h9-10H,2-8,11-23,25H2,1H3/b10-9+. The second-order valence-corrected chi connectivity index (χ2v) is 8.61. The monoisotopic (exact) mass is 349 g/mol. The lowest BCUT2D eigenvalue weighted by atomic mass is 9.79. The van der Waals surface area contributed by atoms with E-state index in [2.05, 4.69) is 19.1 Å². The highest BCUT2D eigenvalue weighted by molar-refractivity contribution is 4.86. The van der Waals surface area contributed by atoms with Crippen LogP contribution in [0.25, 0.3) is 0 Å². The van der Waals surface area contributed by atoms with Crippen LogP contribution < -0.4 is 5.73 Å². The Morgan fingerprint density at radius 3 is 1.68 bits per heavy atom. The highest BCUT2D eigenvalue weighted by atomic mass is 14.7. The van der Waals surface area contributed by atoms with Crippen LogP contribution in [0.2, 0.25) is 0 Å². The van der Waals surface area contributed by atoms with Crippen LogP contribution in [0.15, 0.2) is 12.2 Å². The van der Waals surface area contributed by atoms with Crippen LogP contribution in [0.4, 0.5) is 0 Å². The molecule has 0 spiro atoms. The Morgan fingerprint density at radius 1 is 0.640 bits per heavy atom. The van der Waals surface area contributed by atoms with Crippen LogP contribution in [-0.2, 0) is 0 Å². The third-order valence-electron chi connectivity index (χ3n) is 6.04. The summed E-state index contributed by atoms with van der Waals surface area (Å²) in [6.45, 7) is 2.29. The van der Waals surface area contributed by atoms with Gasteiger partial charge in [0.2, 0.25) is 0 Å². The molecule has 0 radical (unpaired) electrons. The van der Waals surface area contributed by atoms with Crippen molar-refractivity contribution in [3.05, 3.63) is 12.2 Å². The molecule has 0 atom stereocenters. The van der Waals surface area contributed by atoms with Gasteiger partial charge in [-0.05, 0) is 44.9 Å². The lowest BCUT2D eigenvalue weighted by Gasteiger charge is -2.33. The van der Waals surface area contributed by atoms with Gasteiger partial charge in [-0.1, -0.05) is 103 Å². The van der Waals surface area contributed by atoms with Gasteiger partial charge in [0.1, 0.15) is 0 Å².